The third-order valence-corrected chi connectivity index (χ3v) is 5.35. The number of hydrogen-bond acceptors (Lipinski definition) is 4. The first-order valence-electron chi connectivity index (χ1n) is 7.79. The second-order valence-electron chi connectivity index (χ2n) is 6.48. The van der Waals surface area contributed by atoms with Crippen molar-refractivity contribution in [1.29, 1.82) is 0 Å². The fourth-order valence-corrected chi connectivity index (χ4v) is 3.80. The maximum Gasteiger partial charge on any atom is 0.0491 e. The molecule has 0 radical (unpaired) electrons. The summed E-state index contributed by atoms with van der Waals surface area (Å²) in [7, 11) is 2.19. The van der Waals surface area contributed by atoms with Crippen LogP contribution in [0, 0.1) is 0 Å². The van der Waals surface area contributed by atoms with Gasteiger partial charge in [-0.25, -0.2) is 10.4 Å². The van der Waals surface area contributed by atoms with Gasteiger partial charge in [-0.3, -0.25) is 0 Å². The van der Waals surface area contributed by atoms with Gasteiger partial charge in [0.2, 0.25) is 0 Å². The minimum absolute atomic E-state index is 0.0245. The number of nitrogens with two attached hydrogens (primary N) is 1. The van der Waals surface area contributed by atoms with Gasteiger partial charge in [0.15, 0.2) is 0 Å². The van der Waals surface area contributed by atoms with Crippen molar-refractivity contribution in [2.45, 2.75) is 24.8 Å². The molecule has 1 unspecified atom stereocenters. The Bertz CT molecular complexity index is 499. The van der Waals surface area contributed by atoms with Crippen molar-refractivity contribution in [3.8, 4) is 0 Å². The van der Waals surface area contributed by atoms with Gasteiger partial charge in [-0.15, -0.1) is 0 Å². The Hall–Kier alpha value is -0.460. The second-order valence-corrected chi connectivity index (χ2v) is 7.39. The van der Waals surface area contributed by atoms with Crippen molar-refractivity contribution in [3.63, 3.8) is 0 Å². The fraction of sp³-hybridized carbons (Fsp3) is 0.625. The van der Waals surface area contributed by atoms with E-state index in [-0.39, 0.29) is 5.54 Å². The largest absolute Gasteiger partial charge is 0.329 e. The minimum atomic E-state index is 0.0245. The molecular weight excluding hydrogens is 328 g/mol. The average molecular weight is 353 g/mol. The van der Waals surface area contributed by atoms with Gasteiger partial charge >= 0.3 is 0 Å². The fourth-order valence-electron chi connectivity index (χ4n) is 3.40. The van der Waals surface area contributed by atoms with E-state index in [1.165, 1.54) is 15.6 Å². The molecule has 5 heteroatoms. The van der Waals surface area contributed by atoms with Crippen LogP contribution in [-0.4, -0.2) is 55.2 Å². The highest BCUT2D eigenvalue weighted by Crippen LogP contribution is 2.30. The van der Waals surface area contributed by atoms with Crippen molar-refractivity contribution >= 4 is 15.9 Å². The van der Waals surface area contributed by atoms with Crippen molar-refractivity contribution in [1.82, 2.24) is 15.3 Å². The van der Waals surface area contributed by atoms with E-state index >= 15 is 0 Å². The molecule has 2 aliphatic rings. The number of piperazine rings is 1. The first-order valence-corrected chi connectivity index (χ1v) is 8.58. The number of nitrogens with zero attached hydrogens (tertiary/aromatic N) is 2. The molecule has 116 valence electrons. The van der Waals surface area contributed by atoms with Crippen LogP contribution in [-0.2, 0) is 12.8 Å². The lowest BCUT2D eigenvalue weighted by molar-refractivity contribution is 0.0490. The molecule has 1 aliphatic heterocycles. The topological polar surface area (TPSA) is 44.5 Å². The number of aryl methyl sites for hydroxylation is 1. The van der Waals surface area contributed by atoms with E-state index in [9.17, 15) is 0 Å². The number of hydrazine groups is 1. The summed E-state index contributed by atoms with van der Waals surface area (Å²) in [6.45, 7) is 5.08. The number of rotatable bonds is 3. The molecule has 0 saturated carbocycles. The summed E-state index contributed by atoms with van der Waals surface area (Å²) in [5.41, 5.74) is 12.9. The molecule has 0 amide bonds. The molecule has 1 saturated heterocycles. The van der Waals surface area contributed by atoms with Gasteiger partial charge < -0.3 is 10.6 Å². The van der Waals surface area contributed by atoms with Gasteiger partial charge in [-0.05, 0) is 49.6 Å². The Balaban J connectivity index is 1.71. The van der Waals surface area contributed by atoms with Crippen molar-refractivity contribution in [2.24, 2.45) is 5.73 Å². The van der Waals surface area contributed by atoms with Gasteiger partial charge in [0.05, 0.1) is 0 Å². The minimum Gasteiger partial charge on any atom is -0.329 e. The van der Waals surface area contributed by atoms with Gasteiger partial charge in [0, 0.05) is 42.7 Å². The summed E-state index contributed by atoms with van der Waals surface area (Å²) in [5, 5.41) is 2.37. The number of hydrogen-bond donors (Lipinski definition) is 2. The van der Waals surface area contributed by atoms with Gasteiger partial charge in [0.1, 0.15) is 0 Å². The number of nitrogens with one attached hydrogen (secondary N) is 1. The second kappa shape index (κ2) is 6.34. The summed E-state index contributed by atoms with van der Waals surface area (Å²) in [4.78, 5) is 2.38. The first-order chi connectivity index (χ1) is 10.1. The molecule has 1 fully saturated rings. The highest BCUT2D eigenvalue weighted by atomic mass is 79.9. The zero-order valence-electron chi connectivity index (χ0n) is 12.7. The normalized spacial score (nSPS) is 27.6. The Labute approximate surface area is 135 Å². The molecule has 3 N–H and O–H groups in total. The van der Waals surface area contributed by atoms with E-state index in [0.717, 1.165) is 45.4 Å². The maximum absolute atomic E-state index is 6.16. The van der Waals surface area contributed by atoms with E-state index in [1.807, 2.05) is 0 Å². The molecule has 1 aromatic carbocycles. The summed E-state index contributed by atoms with van der Waals surface area (Å²) >= 11 is 3.57. The molecule has 3 rings (SSSR count). The molecule has 0 aromatic heterocycles. The molecule has 1 aliphatic carbocycles. The third kappa shape index (κ3) is 3.48. The van der Waals surface area contributed by atoms with Crippen LogP contribution < -0.4 is 11.2 Å². The zero-order chi connectivity index (χ0) is 14.9. The molecule has 4 nitrogen and oxygen atoms in total. The first kappa shape index (κ1) is 15.4. The zero-order valence-corrected chi connectivity index (χ0v) is 14.3. The predicted molar refractivity (Wildman–Crippen MR) is 90.2 cm³/mol. The molecule has 1 heterocycles. The van der Waals surface area contributed by atoms with E-state index in [4.69, 9.17) is 5.73 Å². The van der Waals surface area contributed by atoms with Crippen molar-refractivity contribution in [3.05, 3.63) is 33.8 Å². The number of halogens is 1. The SMILES string of the molecule is CN1CCN(NC2(CN)CCc3cc(Br)ccc3C2)CC1. The Morgan fingerprint density at radius 1 is 1.24 bits per heavy atom. The molecular formula is C16H25BrN4. The molecule has 1 atom stereocenters. The van der Waals surface area contributed by atoms with E-state index in [1.54, 1.807) is 0 Å². The molecule has 1 aromatic rings. The lowest BCUT2D eigenvalue weighted by Gasteiger charge is -2.44. The van der Waals surface area contributed by atoms with Crippen LogP contribution in [0.25, 0.3) is 0 Å². The standard InChI is InChI=1S/C16H25BrN4/c1-20-6-8-21(9-7-20)19-16(12-18)5-4-13-10-15(17)3-2-14(13)11-16/h2-3,10,19H,4-9,11-12,18H2,1H3. The lowest BCUT2D eigenvalue weighted by Crippen LogP contribution is -2.63. The van der Waals surface area contributed by atoms with Crippen LogP contribution >= 0.6 is 15.9 Å². The molecule has 0 bridgehead atoms. The van der Waals surface area contributed by atoms with Crippen molar-refractivity contribution < 1.29 is 0 Å². The Kier molecular flexibility index (Phi) is 4.66. The summed E-state index contributed by atoms with van der Waals surface area (Å²) in [6.07, 6.45) is 3.24. The monoisotopic (exact) mass is 352 g/mol. The highest BCUT2D eigenvalue weighted by molar-refractivity contribution is 9.10. The Morgan fingerprint density at radius 2 is 2.00 bits per heavy atom. The molecule has 0 spiro atoms. The van der Waals surface area contributed by atoms with Crippen LogP contribution in [0.1, 0.15) is 17.5 Å². The van der Waals surface area contributed by atoms with Gasteiger partial charge in [0.25, 0.3) is 0 Å². The number of benzene rings is 1. The van der Waals surface area contributed by atoms with E-state index < -0.39 is 0 Å². The molecule has 21 heavy (non-hydrogen) atoms. The average Bonchev–Trinajstić information content (AvgIpc) is 2.50. The van der Waals surface area contributed by atoms with E-state index in [0.29, 0.717) is 6.54 Å². The lowest BCUT2D eigenvalue weighted by atomic mass is 9.78. The number of likely N-dealkylation sites (N-methyl/N-ethyl adjacent to an activating group) is 1. The van der Waals surface area contributed by atoms with E-state index in [2.05, 4.69) is 56.5 Å². The van der Waals surface area contributed by atoms with Crippen molar-refractivity contribution in [2.75, 3.05) is 39.8 Å². The Morgan fingerprint density at radius 3 is 2.71 bits per heavy atom. The van der Waals surface area contributed by atoms with Crippen LogP contribution in [0.3, 0.4) is 0 Å². The maximum atomic E-state index is 6.16. The predicted octanol–water partition coefficient (Wildman–Crippen LogP) is 1.39. The summed E-state index contributed by atoms with van der Waals surface area (Å²) in [5.74, 6) is 0. The summed E-state index contributed by atoms with van der Waals surface area (Å²) in [6, 6.07) is 6.64. The van der Waals surface area contributed by atoms with Crippen LogP contribution in [0.5, 0.6) is 0 Å². The van der Waals surface area contributed by atoms with Gasteiger partial charge in [-0.2, -0.15) is 0 Å². The van der Waals surface area contributed by atoms with Crippen LogP contribution in [0.15, 0.2) is 22.7 Å². The van der Waals surface area contributed by atoms with Crippen LogP contribution in [0.2, 0.25) is 0 Å². The smallest absolute Gasteiger partial charge is 0.0491 e. The van der Waals surface area contributed by atoms with Crippen LogP contribution in [0.4, 0.5) is 0 Å². The summed E-state index contributed by atoms with van der Waals surface area (Å²) < 4.78 is 1.17. The third-order valence-electron chi connectivity index (χ3n) is 4.86. The quantitative estimate of drug-likeness (QED) is 0.862. The van der Waals surface area contributed by atoms with Gasteiger partial charge in [-0.1, -0.05) is 22.0 Å². The number of fused-ring (bicyclic) bond motifs is 1. The highest BCUT2D eigenvalue weighted by Gasteiger charge is 2.35.